The maximum absolute atomic E-state index is 11.9. The molecule has 94 valence electrons. The first-order chi connectivity index (χ1) is 8.27. The third-order valence-electron chi connectivity index (χ3n) is 3.15. The van der Waals surface area contributed by atoms with Gasteiger partial charge in [-0.15, -0.1) is 0 Å². The second-order valence-electron chi connectivity index (χ2n) is 4.44. The lowest BCUT2D eigenvalue weighted by molar-refractivity contribution is -0.124. The zero-order chi connectivity index (χ0) is 12.1. The van der Waals surface area contributed by atoms with E-state index in [0.717, 1.165) is 13.0 Å². The molecule has 2 heterocycles. The molecule has 2 rings (SSSR count). The third-order valence-corrected chi connectivity index (χ3v) is 3.15. The van der Waals surface area contributed by atoms with E-state index < -0.39 is 0 Å². The molecule has 1 amide bonds. The van der Waals surface area contributed by atoms with Crippen LogP contribution in [0.1, 0.15) is 32.2 Å². The predicted octanol–water partition coefficient (Wildman–Crippen LogP) is 0.0974. The minimum atomic E-state index is -0.305. The van der Waals surface area contributed by atoms with Crippen LogP contribution in [-0.4, -0.2) is 39.8 Å². The number of carbonyl (C=O) groups is 1. The van der Waals surface area contributed by atoms with E-state index >= 15 is 0 Å². The summed E-state index contributed by atoms with van der Waals surface area (Å²) >= 11 is 0. The molecular weight excluding hydrogens is 218 g/mol. The number of amides is 1. The van der Waals surface area contributed by atoms with Gasteiger partial charge in [0.2, 0.25) is 5.91 Å². The van der Waals surface area contributed by atoms with Crippen LogP contribution in [0.2, 0.25) is 0 Å². The van der Waals surface area contributed by atoms with Gasteiger partial charge in [-0.3, -0.25) is 4.79 Å². The molecule has 0 aliphatic carbocycles. The van der Waals surface area contributed by atoms with E-state index in [0.29, 0.717) is 12.6 Å². The lowest BCUT2D eigenvalue weighted by Gasteiger charge is -2.24. The standard InChI is InChI=1S/C11H19N5O/c1-9(16-8-12-7-15-16)11(17)14-6-10-4-2-3-5-13-10/h7-10,13H,2-6H2,1H3,(H,14,17). The highest BCUT2D eigenvalue weighted by Gasteiger charge is 2.18. The van der Waals surface area contributed by atoms with Gasteiger partial charge in [-0.25, -0.2) is 9.67 Å². The van der Waals surface area contributed by atoms with Crippen molar-refractivity contribution in [3.63, 3.8) is 0 Å². The quantitative estimate of drug-likeness (QED) is 0.779. The molecule has 1 fully saturated rings. The summed E-state index contributed by atoms with van der Waals surface area (Å²) < 4.78 is 1.56. The van der Waals surface area contributed by atoms with Crippen LogP contribution in [0.5, 0.6) is 0 Å². The Hall–Kier alpha value is -1.43. The molecule has 0 radical (unpaired) electrons. The van der Waals surface area contributed by atoms with Gasteiger partial charge >= 0.3 is 0 Å². The van der Waals surface area contributed by atoms with Crippen LogP contribution < -0.4 is 10.6 Å². The summed E-state index contributed by atoms with van der Waals surface area (Å²) in [5.41, 5.74) is 0. The monoisotopic (exact) mass is 237 g/mol. The van der Waals surface area contributed by atoms with Gasteiger partial charge in [-0.2, -0.15) is 5.10 Å². The number of rotatable bonds is 4. The molecule has 6 heteroatoms. The number of hydrogen-bond acceptors (Lipinski definition) is 4. The second-order valence-corrected chi connectivity index (χ2v) is 4.44. The highest BCUT2D eigenvalue weighted by atomic mass is 16.2. The van der Waals surface area contributed by atoms with Gasteiger partial charge in [0.15, 0.2) is 0 Å². The molecule has 2 unspecified atom stereocenters. The van der Waals surface area contributed by atoms with Crippen LogP contribution in [0, 0.1) is 0 Å². The molecule has 1 aliphatic rings. The first-order valence-corrected chi connectivity index (χ1v) is 6.12. The largest absolute Gasteiger partial charge is 0.353 e. The second kappa shape index (κ2) is 5.77. The molecule has 2 N–H and O–H groups in total. The van der Waals surface area contributed by atoms with Gasteiger partial charge in [0, 0.05) is 12.6 Å². The van der Waals surface area contributed by atoms with Crippen molar-refractivity contribution in [3.8, 4) is 0 Å². The summed E-state index contributed by atoms with van der Waals surface area (Å²) in [6.45, 7) is 3.56. The van der Waals surface area contributed by atoms with Crippen molar-refractivity contribution in [1.82, 2.24) is 25.4 Å². The Morgan fingerprint density at radius 1 is 1.65 bits per heavy atom. The minimum absolute atomic E-state index is 0.0112. The van der Waals surface area contributed by atoms with Crippen LogP contribution in [0.25, 0.3) is 0 Å². The zero-order valence-corrected chi connectivity index (χ0v) is 10.1. The van der Waals surface area contributed by atoms with Crippen LogP contribution >= 0.6 is 0 Å². The van der Waals surface area contributed by atoms with Crippen LogP contribution in [0.3, 0.4) is 0 Å². The fraction of sp³-hybridized carbons (Fsp3) is 0.727. The first-order valence-electron chi connectivity index (χ1n) is 6.12. The highest BCUT2D eigenvalue weighted by molar-refractivity contribution is 5.79. The van der Waals surface area contributed by atoms with Crippen molar-refractivity contribution in [1.29, 1.82) is 0 Å². The summed E-state index contributed by atoms with van der Waals surface area (Å²) in [7, 11) is 0. The average molecular weight is 237 g/mol. The Balaban J connectivity index is 1.76. The van der Waals surface area contributed by atoms with E-state index in [1.165, 1.54) is 19.2 Å². The molecule has 1 aliphatic heterocycles. The van der Waals surface area contributed by atoms with Gasteiger partial charge in [0.05, 0.1) is 0 Å². The number of nitrogens with one attached hydrogen (secondary N) is 2. The molecule has 0 saturated carbocycles. The smallest absolute Gasteiger partial charge is 0.244 e. The summed E-state index contributed by atoms with van der Waals surface area (Å²) in [5.74, 6) is -0.0112. The maximum Gasteiger partial charge on any atom is 0.244 e. The van der Waals surface area contributed by atoms with Crippen molar-refractivity contribution in [2.75, 3.05) is 13.1 Å². The van der Waals surface area contributed by atoms with Gasteiger partial charge in [0.25, 0.3) is 0 Å². The fourth-order valence-electron chi connectivity index (χ4n) is 2.01. The molecular formula is C11H19N5O. The first kappa shape index (κ1) is 12.0. The van der Waals surface area contributed by atoms with Crippen molar-refractivity contribution in [3.05, 3.63) is 12.7 Å². The Labute approximate surface area is 101 Å². The Morgan fingerprint density at radius 2 is 2.53 bits per heavy atom. The molecule has 2 atom stereocenters. The average Bonchev–Trinajstić information content (AvgIpc) is 2.90. The van der Waals surface area contributed by atoms with Crippen molar-refractivity contribution < 1.29 is 4.79 Å². The number of aromatic nitrogens is 3. The van der Waals surface area contributed by atoms with Crippen LogP contribution in [-0.2, 0) is 4.79 Å². The number of carbonyl (C=O) groups excluding carboxylic acids is 1. The number of piperidine rings is 1. The van der Waals surface area contributed by atoms with E-state index in [9.17, 15) is 4.79 Å². The van der Waals surface area contributed by atoms with E-state index in [1.54, 1.807) is 11.0 Å². The topological polar surface area (TPSA) is 71.8 Å². The normalized spacial score (nSPS) is 22.1. The summed E-state index contributed by atoms with van der Waals surface area (Å²) in [6, 6.07) is 0.108. The predicted molar refractivity (Wildman–Crippen MR) is 63.4 cm³/mol. The molecule has 1 saturated heterocycles. The summed E-state index contributed by atoms with van der Waals surface area (Å²) in [5, 5.41) is 10.3. The fourth-order valence-corrected chi connectivity index (χ4v) is 2.01. The van der Waals surface area contributed by atoms with Gasteiger partial charge in [0.1, 0.15) is 18.7 Å². The Kier molecular flexibility index (Phi) is 4.08. The highest BCUT2D eigenvalue weighted by Crippen LogP contribution is 2.07. The SMILES string of the molecule is CC(C(=O)NCC1CCCCN1)n1cncn1. The summed E-state index contributed by atoms with van der Waals surface area (Å²) in [4.78, 5) is 15.7. The zero-order valence-electron chi connectivity index (χ0n) is 10.1. The molecule has 0 spiro atoms. The molecule has 0 bridgehead atoms. The Bertz CT molecular complexity index is 345. The van der Waals surface area contributed by atoms with Gasteiger partial charge < -0.3 is 10.6 Å². The Morgan fingerprint density at radius 3 is 3.18 bits per heavy atom. The van der Waals surface area contributed by atoms with Crippen LogP contribution in [0.15, 0.2) is 12.7 Å². The van der Waals surface area contributed by atoms with Gasteiger partial charge in [-0.05, 0) is 26.3 Å². The summed E-state index contributed by atoms with van der Waals surface area (Å²) in [6.07, 6.45) is 6.61. The van der Waals surface area contributed by atoms with Crippen molar-refractivity contribution in [2.24, 2.45) is 0 Å². The molecule has 1 aromatic heterocycles. The van der Waals surface area contributed by atoms with Gasteiger partial charge in [-0.1, -0.05) is 6.42 Å². The minimum Gasteiger partial charge on any atom is -0.353 e. The van der Waals surface area contributed by atoms with E-state index in [-0.39, 0.29) is 11.9 Å². The number of hydrogen-bond donors (Lipinski definition) is 2. The lowest BCUT2D eigenvalue weighted by atomic mass is 10.1. The number of nitrogens with zero attached hydrogens (tertiary/aromatic N) is 3. The third kappa shape index (κ3) is 3.26. The van der Waals surface area contributed by atoms with E-state index in [2.05, 4.69) is 20.7 Å². The van der Waals surface area contributed by atoms with Crippen molar-refractivity contribution in [2.45, 2.75) is 38.3 Å². The lowest BCUT2D eigenvalue weighted by Crippen LogP contribution is -2.44. The molecule has 6 nitrogen and oxygen atoms in total. The maximum atomic E-state index is 11.9. The van der Waals surface area contributed by atoms with Crippen LogP contribution in [0.4, 0.5) is 0 Å². The van der Waals surface area contributed by atoms with E-state index in [1.807, 2.05) is 6.92 Å². The molecule has 17 heavy (non-hydrogen) atoms. The molecule has 0 aromatic carbocycles. The van der Waals surface area contributed by atoms with E-state index in [4.69, 9.17) is 0 Å². The van der Waals surface area contributed by atoms with Crippen molar-refractivity contribution >= 4 is 5.91 Å². The molecule has 1 aromatic rings.